The number of nitrogens with two attached hydrogens (primary N) is 1. The molecule has 1 aliphatic rings. The van der Waals surface area contributed by atoms with Crippen LogP contribution in [0, 0.1) is 5.41 Å². The van der Waals surface area contributed by atoms with Crippen molar-refractivity contribution in [3.05, 3.63) is 35.9 Å². The fourth-order valence-corrected chi connectivity index (χ4v) is 2.93. The molecule has 24 heavy (non-hydrogen) atoms. The zero-order valence-corrected chi connectivity index (χ0v) is 16.6. The Balaban J connectivity index is 0.00000264. The highest BCUT2D eigenvalue weighted by Gasteiger charge is 2.33. The molecule has 0 spiro atoms. The molecule has 1 heterocycles. The van der Waals surface area contributed by atoms with Crippen molar-refractivity contribution in [1.82, 2.24) is 10.2 Å². The van der Waals surface area contributed by atoms with Gasteiger partial charge in [-0.2, -0.15) is 0 Å². The molecule has 4 nitrogen and oxygen atoms in total. The Morgan fingerprint density at radius 1 is 1.29 bits per heavy atom. The van der Waals surface area contributed by atoms with Gasteiger partial charge in [0.2, 0.25) is 5.91 Å². The van der Waals surface area contributed by atoms with Crippen LogP contribution in [0.2, 0.25) is 0 Å². The predicted octanol–water partition coefficient (Wildman–Crippen LogP) is 2.98. The Hall–Kier alpha value is -0.810. The molecule has 1 amide bonds. The van der Waals surface area contributed by atoms with E-state index in [2.05, 4.69) is 41.4 Å². The molecular weight excluding hydrogens is 345 g/mol. The minimum absolute atomic E-state index is 0. The second-order valence-corrected chi connectivity index (χ2v) is 7.55. The number of amides is 1. The Labute approximate surface area is 158 Å². The molecule has 0 bridgehead atoms. The number of likely N-dealkylation sites (tertiary alicyclic amines) is 1. The number of carbonyl (C=O) groups is 1. The second-order valence-electron chi connectivity index (χ2n) is 7.55. The van der Waals surface area contributed by atoms with Gasteiger partial charge in [-0.25, -0.2) is 0 Å². The first-order valence-corrected chi connectivity index (χ1v) is 8.11. The van der Waals surface area contributed by atoms with Gasteiger partial charge in [-0.3, -0.25) is 9.69 Å². The van der Waals surface area contributed by atoms with Crippen LogP contribution >= 0.6 is 24.8 Å². The summed E-state index contributed by atoms with van der Waals surface area (Å²) in [5, 5.41) is 3.13. The van der Waals surface area contributed by atoms with Crippen LogP contribution in [0.25, 0.3) is 0 Å². The lowest BCUT2D eigenvalue weighted by molar-refractivity contribution is -0.125. The van der Waals surface area contributed by atoms with Gasteiger partial charge in [-0.05, 0) is 24.3 Å². The monoisotopic (exact) mass is 375 g/mol. The Kier molecular flexibility index (Phi) is 9.29. The van der Waals surface area contributed by atoms with Gasteiger partial charge in [0.1, 0.15) is 0 Å². The fourth-order valence-electron chi connectivity index (χ4n) is 2.93. The fraction of sp³-hybridized carbons (Fsp3) is 0.611. The van der Waals surface area contributed by atoms with Gasteiger partial charge >= 0.3 is 0 Å². The Bertz CT molecular complexity index is 505. The number of nitrogens with zero attached hydrogens (tertiary/aromatic N) is 1. The highest BCUT2D eigenvalue weighted by Crippen LogP contribution is 2.22. The minimum Gasteiger partial charge on any atom is -0.351 e. The summed E-state index contributed by atoms with van der Waals surface area (Å²) in [6, 6.07) is 10.7. The van der Waals surface area contributed by atoms with Crippen molar-refractivity contribution in [1.29, 1.82) is 0 Å². The SMILES string of the molecule is CC1CC(NC(=O)[C@@H](N)C(C)(C)C)CN1Cc1ccccc1.Cl.Cl. The number of benzene rings is 1. The molecule has 2 rings (SSSR count). The highest BCUT2D eigenvalue weighted by molar-refractivity contribution is 5.85. The molecule has 0 saturated carbocycles. The third-order valence-corrected chi connectivity index (χ3v) is 4.49. The quantitative estimate of drug-likeness (QED) is 0.850. The molecule has 138 valence electrons. The maximum absolute atomic E-state index is 12.3. The molecule has 3 N–H and O–H groups in total. The van der Waals surface area contributed by atoms with Gasteiger partial charge in [-0.15, -0.1) is 24.8 Å². The first-order chi connectivity index (χ1) is 10.3. The average Bonchev–Trinajstić information content (AvgIpc) is 2.78. The third-order valence-electron chi connectivity index (χ3n) is 4.49. The summed E-state index contributed by atoms with van der Waals surface area (Å²) < 4.78 is 0. The predicted molar refractivity (Wildman–Crippen MR) is 105 cm³/mol. The second kappa shape index (κ2) is 9.62. The molecule has 1 fully saturated rings. The van der Waals surface area contributed by atoms with Crippen LogP contribution < -0.4 is 11.1 Å². The van der Waals surface area contributed by atoms with Crippen molar-refractivity contribution in [3.63, 3.8) is 0 Å². The summed E-state index contributed by atoms with van der Waals surface area (Å²) >= 11 is 0. The molecule has 1 aliphatic heterocycles. The number of hydrogen-bond donors (Lipinski definition) is 2. The summed E-state index contributed by atoms with van der Waals surface area (Å²) in [7, 11) is 0. The van der Waals surface area contributed by atoms with Crippen molar-refractivity contribution in [3.8, 4) is 0 Å². The molecule has 1 aromatic carbocycles. The van der Waals surface area contributed by atoms with E-state index in [1.165, 1.54) is 5.56 Å². The molecule has 0 aromatic heterocycles. The zero-order chi connectivity index (χ0) is 16.3. The molecule has 0 radical (unpaired) electrons. The molecule has 2 unspecified atom stereocenters. The van der Waals surface area contributed by atoms with Crippen LogP contribution in [-0.2, 0) is 11.3 Å². The lowest BCUT2D eigenvalue weighted by Crippen LogP contribution is -2.51. The van der Waals surface area contributed by atoms with Crippen molar-refractivity contribution >= 4 is 30.7 Å². The van der Waals surface area contributed by atoms with Crippen molar-refractivity contribution in [2.24, 2.45) is 11.1 Å². The Morgan fingerprint density at radius 2 is 1.88 bits per heavy atom. The zero-order valence-electron chi connectivity index (χ0n) is 15.0. The molecule has 1 aromatic rings. The lowest BCUT2D eigenvalue weighted by atomic mass is 9.87. The van der Waals surface area contributed by atoms with E-state index in [4.69, 9.17) is 5.73 Å². The van der Waals surface area contributed by atoms with Gasteiger partial charge in [0.05, 0.1) is 6.04 Å². The summed E-state index contributed by atoms with van der Waals surface area (Å²) in [5.41, 5.74) is 7.14. The lowest BCUT2D eigenvalue weighted by Gasteiger charge is -2.27. The van der Waals surface area contributed by atoms with Crippen LogP contribution in [0.4, 0.5) is 0 Å². The minimum atomic E-state index is -0.467. The van der Waals surface area contributed by atoms with Crippen LogP contribution in [-0.4, -0.2) is 35.5 Å². The van der Waals surface area contributed by atoms with Crippen LogP contribution in [0.5, 0.6) is 0 Å². The van der Waals surface area contributed by atoms with Gasteiger partial charge in [0.15, 0.2) is 0 Å². The molecular formula is C18H31Cl2N3O. The van der Waals surface area contributed by atoms with E-state index in [0.29, 0.717) is 6.04 Å². The van der Waals surface area contributed by atoms with E-state index < -0.39 is 6.04 Å². The summed E-state index contributed by atoms with van der Waals surface area (Å²) in [4.78, 5) is 14.7. The number of nitrogens with one attached hydrogen (secondary N) is 1. The average molecular weight is 376 g/mol. The molecule has 0 aliphatic carbocycles. The summed E-state index contributed by atoms with van der Waals surface area (Å²) in [5.74, 6) is -0.0359. The molecule has 3 atom stereocenters. The Morgan fingerprint density at radius 3 is 2.42 bits per heavy atom. The maximum Gasteiger partial charge on any atom is 0.237 e. The highest BCUT2D eigenvalue weighted by atomic mass is 35.5. The van der Waals surface area contributed by atoms with Crippen LogP contribution in [0.15, 0.2) is 30.3 Å². The van der Waals surface area contributed by atoms with Gasteiger partial charge in [0, 0.05) is 25.2 Å². The van der Waals surface area contributed by atoms with Gasteiger partial charge < -0.3 is 11.1 Å². The van der Waals surface area contributed by atoms with E-state index >= 15 is 0 Å². The van der Waals surface area contributed by atoms with Gasteiger partial charge in [0.25, 0.3) is 0 Å². The number of halogens is 2. The van der Waals surface area contributed by atoms with Gasteiger partial charge in [-0.1, -0.05) is 51.1 Å². The van der Waals surface area contributed by atoms with Crippen molar-refractivity contribution in [2.75, 3.05) is 6.54 Å². The first kappa shape index (κ1) is 23.2. The maximum atomic E-state index is 12.3. The van der Waals surface area contributed by atoms with Crippen molar-refractivity contribution in [2.45, 2.75) is 58.8 Å². The van der Waals surface area contributed by atoms with E-state index in [9.17, 15) is 4.79 Å². The summed E-state index contributed by atoms with van der Waals surface area (Å²) in [6.45, 7) is 10.0. The van der Waals surface area contributed by atoms with Crippen molar-refractivity contribution < 1.29 is 4.79 Å². The molecule has 6 heteroatoms. The smallest absolute Gasteiger partial charge is 0.237 e. The van der Waals surface area contributed by atoms with E-state index in [-0.39, 0.29) is 42.2 Å². The topological polar surface area (TPSA) is 58.4 Å². The largest absolute Gasteiger partial charge is 0.351 e. The van der Waals surface area contributed by atoms with E-state index in [0.717, 1.165) is 19.5 Å². The van der Waals surface area contributed by atoms with E-state index in [1.807, 2.05) is 26.8 Å². The molecule has 1 saturated heterocycles. The number of hydrogen-bond acceptors (Lipinski definition) is 3. The third kappa shape index (κ3) is 6.25. The number of carbonyl (C=O) groups excluding carboxylic acids is 1. The normalized spacial score (nSPS) is 22.2. The summed E-state index contributed by atoms with van der Waals surface area (Å²) in [6.07, 6.45) is 0.982. The standard InChI is InChI=1S/C18H29N3O.2ClH/c1-13-10-15(20-17(22)16(19)18(2,3)4)12-21(13)11-14-8-6-5-7-9-14;;/h5-9,13,15-16H,10-12,19H2,1-4H3,(H,20,22);2*1H/t13?,15?,16-;;/m1../s1. The first-order valence-electron chi connectivity index (χ1n) is 8.11. The van der Waals surface area contributed by atoms with Crippen LogP contribution in [0.3, 0.4) is 0 Å². The van der Waals surface area contributed by atoms with Crippen LogP contribution in [0.1, 0.15) is 39.7 Å². The van der Waals surface area contributed by atoms with E-state index in [1.54, 1.807) is 0 Å². The number of rotatable bonds is 4.